The van der Waals surface area contributed by atoms with Gasteiger partial charge in [-0.25, -0.2) is 4.98 Å². The molecule has 4 aromatic rings. The molecule has 2 amide bonds. The minimum Gasteiger partial charge on any atom is -0.458 e. The van der Waals surface area contributed by atoms with Gasteiger partial charge in [-0.1, -0.05) is 18.2 Å². The second-order valence-corrected chi connectivity index (χ2v) is 7.13. The molecular weight excluding hydrogens is 392 g/mol. The Kier molecular flexibility index (Phi) is 4.96. The minimum absolute atomic E-state index is 0.145. The Morgan fingerprint density at radius 2 is 2.03 bits per heavy atom. The van der Waals surface area contributed by atoms with Crippen LogP contribution < -0.4 is 16.2 Å². The van der Waals surface area contributed by atoms with Gasteiger partial charge in [-0.05, 0) is 29.7 Å². The van der Waals surface area contributed by atoms with Gasteiger partial charge in [-0.2, -0.15) is 0 Å². The highest BCUT2D eigenvalue weighted by atomic mass is 32.1. The Hall–Kier alpha value is -3.72. The van der Waals surface area contributed by atoms with Gasteiger partial charge in [0.15, 0.2) is 10.9 Å². The lowest BCUT2D eigenvalue weighted by molar-refractivity contribution is -0.119. The summed E-state index contributed by atoms with van der Waals surface area (Å²) >= 11 is 1.24. The largest absolute Gasteiger partial charge is 0.458 e. The first-order valence-corrected chi connectivity index (χ1v) is 9.60. The van der Waals surface area contributed by atoms with Crippen LogP contribution in [0.15, 0.2) is 57.1 Å². The van der Waals surface area contributed by atoms with Gasteiger partial charge in [0, 0.05) is 17.7 Å². The molecule has 0 aliphatic rings. The molecule has 0 atom stereocenters. The van der Waals surface area contributed by atoms with Gasteiger partial charge in [0.05, 0.1) is 6.54 Å². The first kappa shape index (κ1) is 18.6. The van der Waals surface area contributed by atoms with E-state index in [9.17, 15) is 14.4 Å². The average molecular weight is 408 g/mol. The number of carbonyl (C=O) groups excluding carboxylic acids is 2. The fourth-order valence-corrected chi connectivity index (χ4v) is 3.46. The average Bonchev–Trinajstić information content (AvgIpc) is 3.35. The molecule has 29 heavy (non-hydrogen) atoms. The van der Waals surface area contributed by atoms with E-state index >= 15 is 0 Å². The van der Waals surface area contributed by atoms with E-state index in [1.165, 1.54) is 18.3 Å². The summed E-state index contributed by atoms with van der Waals surface area (Å²) in [4.78, 5) is 42.6. The van der Waals surface area contributed by atoms with Gasteiger partial charge in [0.1, 0.15) is 17.1 Å². The number of amides is 2. The molecule has 0 saturated heterocycles. The predicted octanol–water partition coefficient (Wildman–Crippen LogP) is 3.13. The van der Waals surface area contributed by atoms with Crippen molar-refractivity contribution in [3.05, 3.63) is 69.7 Å². The normalized spacial score (nSPS) is 10.8. The molecule has 3 aromatic heterocycles. The molecule has 4 rings (SSSR count). The van der Waals surface area contributed by atoms with Crippen molar-refractivity contribution >= 4 is 39.1 Å². The summed E-state index contributed by atoms with van der Waals surface area (Å²) in [7, 11) is 0. The van der Waals surface area contributed by atoms with E-state index in [2.05, 4.69) is 20.6 Å². The van der Waals surface area contributed by atoms with Crippen molar-refractivity contribution in [2.24, 2.45) is 0 Å². The van der Waals surface area contributed by atoms with Crippen LogP contribution in [0.1, 0.15) is 23.2 Å². The number of nitrogens with zero attached hydrogens (tertiary/aromatic N) is 1. The van der Waals surface area contributed by atoms with E-state index in [-0.39, 0.29) is 17.2 Å². The molecular formula is C20H16N4O4S. The lowest BCUT2D eigenvalue weighted by Gasteiger charge is -2.03. The van der Waals surface area contributed by atoms with E-state index in [1.54, 1.807) is 47.8 Å². The van der Waals surface area contributed by atoms with Gasteiger partial charge in [0.25, 0.3) is 11.5 Å². The quantitative estimate of drug-likeness (QED) is 0.469. The van der Waals surface area contributed by atoms with Gasteiger partial charge in [0.2, 0.25) is 5.91 Å². The molecule has 0 spiro atoms. The maximum absolute atomic E-state index is 12.5. The summed E-state index contributed by atoms with van der Waals surface area (Å²) in [5.41, 5.74) is 0.391. The molecule has 9 heteroatoms. The number of hydrogen-bond acceptors (Lipinski definition) is 6. The fourth-order valence-electron chi connectivity index (χ4n) is 2.76. The Bertz CT molecular complexity index is 1270. The first-order valence-electron chi connectivity index (χ1n) is 8.72. The van der Waals surface area contributed by atoms with Crippen LogP contribution in [0.3, 0.4) is 0 Å². The van der Waals surface area contributed by atoms with Gasteiger partial charge >= 0.3 is 0 Å². The summed E-state index contributed by atoms with van der Waals surface area (Å²) in [6.07, 6.45) is 0. The van der Waals surface area contributed by atoms with Crippen LogP contribution in [-0.4, -0.2) is 21.8 Å². The molecule has 1 aromatic carbocycles. The lowest BCUT2D eigenvalue weighted by Crippen LogP contribution is -2.18. The van der Waals surface area contributed by atoms with Crippen LogP contribution >= 0.6 is 11.3 Å². The molecule has 0 fully saturated rings. The maximum atomic E-state index is 12.5. The summed E-state index contributed by atoms with van der Waals surface area (Å²) in [5.74, 6) is 0.525. The van der Waals surface area contributed by atoms with E-state index in [0.29, 0.717) is 39.7 Å². The summed E-state index contributed by atoms with van der Waals surface area (Å²) in [6, 6.07) is 12.2. The highest BCUT2D eigenvalue weighted by Gasteiger charge is 2.14. The third kappa shape index (κ3) is 4.09. The second-order valence-electron chi connectivity index (χ2n) is 6.27. The minimum atomic E-state index is -0.459. The standard InChI is InChI=1S/C20H16N4O4S/c1-11(25)21-9-13-6-7-17(28-13)16-10-29-20(23-16)24-19(27)15-8-12-4-2-3-5-14(12)18(26)22-15/h2-8,10H,9H2,1H3,(H,21,25)(H,22,26)(H,23,24,27). The highest BCUT2D eigenvalue weighted by molar-refractivity contribution is 7.14. The number of rotatable bonds is 5. The monoisotopic (exact) mass is 408 g/mol. The van der Waals surface area contributed by atoms with Crippen LogP contribution in [0.5, 0.6) is 0 Å². The predicted molar refractivity (Wildman–Crippen MR) is 110 cm³/mol. The molecule has 3 N–H and O–H groups in total. The summed E-state index contributed by atoms with van der Waals surface area (Å²) < 4.78 is 5.66. The van der Waals surface area contributed by atoms with Gasteiger partial charge in [-0.3, -0.25) is 19.7 Å². The second kappa shape index (κ2) is 7.72. The molecule has 0 saturated carbocycles. The van der Waals surface area contributed by atoms with Crippen molar-refractivity contribution in [3.63, 3.8) is 0 Å². The Morgan fingerprint density at radius 3 is 2.86 bits per heavy atom. The topological polar surface area (TPSA) is 117 Å². The number of nitrogens with one attached hydrogen (secondary N) is 3. The number of carbonyl (C=O) groups is 2. The number of aromatic nitrogens is 2. The Labute approximate surface area is 168 Å². The maximum Gasteiger partial charge on any atom is 0.273 e. The van der Waals surface area contributed by atoms with Crippen LogP contribution in [0.25, 0.3) is 22.2 Å². The first-order chi connectivity index (χ1) is 14.0. The number of benzene rings is 1. The van der Waals surface area contributed by atoms with Crippen LogP contribution in [-0.2, 0) is 11.3 Å². The zero-order valence-corrected chi connectivity index (χ0v) is 16.1. The number of H-pyrrole nitrogens is 1. The molecule has 0 unspecified atom stereocenters. The van der Waals surface area contributed by atoms with Crippen LogP contribution in [0, 0.1) is 0 Å². The van der Waals surface area contributed by atoms with Crippen LogP contribution in [0.4, 0.5) is 5.13 Å². The van der Waals surface area contributed by atoms with Gasteiger partial charge in [-0.15, -0.1) is 11.3 Å². The Balaban J connectivity index is 1.50. The summed E-state index contributed by atoms with van der Waals surface area (Å²) in [6.45, 7) is 1.72. The molecule has 146 valence electrons. The lowest BCUT2D eigenvalue weighted by atomic mass is 10.1. The van der Waals surface area contributed by atoms with E-state index in [1.807, 2.05) is 0 Å². The number of anilines is 1. The summed E-state index contributed by atoms with van der Waals surface area (Å²) in [5, 5.41) is 8.67. The van der Waals surface area contributed by atoms with E-state index in [4.69, 9.17) is 4.42 Å². The Morgan fingerprint density at radius 1 is 1.21 bits per heavy atom. The van der Waals surface area contributed by atoms with Crippen LogP contribution in [0.2, 0.25) is 0 Å². The number of hydrogen-bond donors (Lipinski definition) is 3. The number of fused-ring (bicyclic) bond motifs is 1. The molecule has 0 radical (unpaired) electrons. The molecule has 0 aliphatic carbocycles. The van der Waals surface area contributed by atoms with Crippen molar-refractivity contribution < 1.29 is 14.0 Å². The van der Waals surface area contributed by atoms with Crippen molar-refractivity contribution in [3.8, 4) is 11.5 Å². The van der Waals surface area contributed by atoms with Crippen molar-refractivity contribution in [2.45, 2.75) is 13.5 Å². The van der Waals surface area contributed by atoms with E-state index in [0.717, 1.165) is 0 Å². The smallest absolute Gasteiger partial charge is 0.273 e. The third-order valence-corrected chi connectivity index (χ3v) is 4.91. The number of aromatic amines is 1. The van der Waals surface area contributed by atoms with Crippen molar-refractivity contribution in [1.29, 1.82) is 0 Å². The fraction of sp³-hybridized carbons (Fsp3) is 0.100. The molecule has 0 aliphatic heterocycles. The SMILES string of the molecule is CC(=O)NCc1ccc(-c2csc(NC(=O)c3cc4ccccc4c(=O)[nH]3)n2)o1. The zero-order chi connectivity index (χ0) is 20.4. The van der Waals surface area contributed by atoms with Crippen molar-refractivity contribution in [1.82, 2.24) is 15.3 Å². The molecule has 3 heterocycles. The van der Waals surface area contributed by atoms with Crippen molar-refractivity contribution in [2.75, 3.05) is 5.32 Å². The number of thiazole rings is 1. The van der Waals surface area contributed by atoms with Gasteiger partial charge < -0.3 is 14.7 Å². The van der Waals surface area contributed by atoms with E-state index < -0.39 is 5.91 Å². The molecule has 8 nitrogen and oxygen atoms in total. The number of furan rings is 1. The highest BCUT2D eigenvalue weighted by Crippen LogP contribution is 2.27. The molecule has 0 bridgehead atoms. The zero-order valence-electron chi connectivity index (χ0n) is 15.3. The third-order valence-electron chi connectivity index (χ3n) is 4.15. The number of pyridine rings is 1.